The summed E-state index contributed by atoms with van der Waals surface area (Å²) < 4.78 is 0. The average Bonchev–Trinajstić information content (AvgIpc) is 2.68. The summed E-state index contributed by atoms with van der Waals surface area (Å²) in [5.74, 6) is 0. The van der Waals surface area contributed by atoms with E-state index in [2.05, 4.69) is 0 Å². The number of rotatable bonds is 24. The van der Waals surface area contributed by atoms with Crippen molar-refractivity contribution in [2.24, 2.45) is 11.5 Å². The first kappa shape index (κ1) is 26.9. The van der Waals surface area contributed by atoms with Gasteiger partial charge in [0.1, 0.15) is 0 Å². The second kappa shape index (κ2) is 25.9. The Morgan fingerprint density at radius 1 is 0.185 bits per heavy atom. The lowest BCUT2D eigenvalue weighted by atomic mass is 10.0. The van der Waals surface area contributed by atoms with Gasteiger partial charge in [-0.05, 0) is 25.9 Å². The van der Waals surface area contributed by atoms with E-state index in [1.807, 2.05) is 0 Å². The van der Waals surface area contributed by atoms with Crippen molar-refractivity contribution in [3.8, 4) is 0 Å². The average molecular weight is 383 g/mol. The first-order chi connectivity index (χ1) is 13.4. The summed E-state index contributed by atoms with van der Waals surface area (Å²) in [7, 11) is 0. The van der Waals surface area contributed by atoms with E-state index in [0.29, 0.717) is 0 Å². The van der Waals surface area contributed by atoms with Crippen LogP contribution < -0.4 is 11.5 Å². The van der Waals surface area contributed by atoms with E-state index in [9.17, 15) is 0 Å². The third-order valence-corrected chi connectivity index (χ3v) is 5.91. The van der Waals surface area contributed by atoms with Gasteiger partial charge >= 0.3 is 0 Å². The number of nitrogens with two attached hydrogens (primary N) is 2. The lowest BCUT2D eigenvalue weighted by Crippen LogP contribution is -1.97. The van der Waals surface area contributed by atoms with E-state index >= 15 is 0 Å². The van der Waals surface area contributed by atoms with E-state index in [1.165, 1.54) is 148 Å². The molecule has 0 radical (unpaired) electrons. The van der Waals surface area contributed by atoms with E-state index in [-0.39, 0.29) is 0 Å². The molecule has 0 aromatic rings. The second-order valence-corrected chi connectivity index (χ2v) is 8.71. The Labute approximate surface area is 172 Å². The van der Waals surface area contributed by atoms with Crippen molar-refractivity contribution >= 4 is 0 Å². The Balaban J connectivity index is 2.95. The van der Waals surface area contributed by atoms with Gasteiger partial charge in [-0.25, -0.2) is 0 Å². The minimum atomic E-state index is 0.871. The highest BCUT2D eigenvalue weighted by Crippen LogP contribution is 2.15. The van der Waals surface area contributed by atoms with Gasteiger partial charge in [0.25, 0.3) is 0 Å². The molecule has 2 nitrogen and oxygen atoms in total. The fraction of sp³-hybridized carbons (Fsp3) is 1.00. The summed E-state index contributed by atoms with van der Waals surface area (Å²) >= 11 is 0. The minimum Gasteiger partial charge on any atom is -0.330 e. The molecular formula is C25H54N2. The van der Waals surface area contributed by atoms with E-state index in [1.54, 1.807) is 0 Å². The third-order valence-electron chi connectivity index (χ3n) is 5.91. The molecule has 0 saturated carbocycles. The molecule has 4 N–H and O–H groups in total. The van der Waals surface area contributed by atoms with E-state index < -0.39 is 0 Å². The first-order valence-corrected chi connectivity index (χ1v) is 12.8. The molecular weight excluding hydrogens is 328 g/mol. The van der Waals surface area contributed by atoms with Gasteiger partial charge in [-0.3, -0.25) is 0 Å². The SMILES string of the molecule is NCCCCCCCCCCCCCCCCCCCCCCCCCN. The van der Waals surface area contributed by atoms with Crippen LogP contribution in [0.5, 0.6) is 0 Å². The standard InChI is InChI=1S/C25H54N2/c26-24-22-20-18-16-14-12-10-8-6-4-2-1-3-5-7-9-11-13-15-17-19-21-23-25-27/h1-27H2. The van der Waals surface area contributed by atoms with Gasteiger partial charge in [-0.1, -0.05) is 135 Å². The summed E-state index contributed by atoms with van der Waals surface area (Å²) in [5.41, 5.74) is 11.0. The maximum Gasteiger partial charge on any atom is -0.00773 e. The molecule has 0 saturated heterocycles. The van der Waals surface area contributed by atoms with Crippen molar-refractivity contribution < 1.29 is 0 Å². The fourth-order valence-corrected chi connectivity index (χ4v) is 4.00. The summed E-state index contributed by atoms with van der Waals surface area (Å²) in [4.78, 5) is 0. The van der Waals surface area contributed by atoms with Gasteiger partial charge in [0.05, 0.1) is 0 Å². The highest BCUT2D eigenvalue weighted by Gasteiger charge is 1.95. The molecule has 0 aromatic carbocycles. The van der Waals surface area contributed by atoms with Crippen molar-refractivity contribution in [1.82, 2.24) is 0 Å². The zero-order valence-corrected chi connectivity index (χ0v) is 18.8. The molecule has 0 aliphatic rings. The molecule has 0 amide bonds. The van der Waals surface area contributed by atoms with Crippen LogP contribution in [0.3, 0.4) is 0 Å². The van der Waals surface area contributed by atoms with Gasteiger partial charge in [0.15, 0.2) is 0 Å². The molecule has 0 aliphatic heterocycles. The molecule has 0 atom stereocenters. The molecule has 0 aromatic heterocycles. The van der Waals surface area contributed by atoms with Gasteiger partial charge in [-0.15, -0.1) is 0 Å². The molecule has 164 valence electrons. The predicted molar refractivity (Wildman–Crippen MR) is 124 cm³/mol. The Kier molecular flexibility index (Phi) is 25.8. The molecule has 0 aliphatic carbocycles. The van der Waals surface area contributed by atoms with Crippen molar-refractivity contribution in [1.29, 1.82) is 0 Å². The van der Waals surface area contributed by atoms with Crippen LogP contribution in [0.2, 0.25) is 0 Å². The molecule has 2 heteroatoms. The number of hydrogen-bond acceptors (Lipinski definition) is 2. The third kappa shape index (κ3) is 25.9. The number of hydrogen-bond donors (Lipinski definition) is 2. The predicted octanol–water partition coefficient (Wildman–Crippen LogP) is 7.88. The Morgan fingerprint density at radius 3 is 0.407 bits per heavy atom. The lowest BCUT2D eigenvalue weighted by molar-refractivity contribution is 0.518. The quantitative estimate of drug-likeness (QED) is 0.167. The Hall–Kier alpha value is -0.0800. The smallest absolute Gasteiger partial charge is 0.00773 e. The van der Waals surface area contributed by atoms with Gasteiger partial charge in [0, 0.05) is 0 Å². The zero-order chi connectivity index (χ0) is 19.7. The first-order valence-electron chi connectivity index (χ1n) is 12.8. The largest absolute Gasteiger partial charge is 0.330 e. The van der Waals surface area contributed by atoms with Crippen LogP contribution in [0.15, 0.2) is 0 Å². The van der Waals surface area contributed by atoms with Crippen molar-refractivity contribution in [2.75, 3.05) is 13.1 Å². The second-order valence-electron chi connectivity index (χ2n) is 8.71. The molecule has 0 heterocycles. The molecule has 0 fully saturated rings. The van der Waals surface area contributed by atoms with Crippen molar-refractivity contribution in [3.63, 3.8) is 0 Å². The monoisotopic (exact) mass is 382 g/mol. The highest BCUT2D eigenvalue weighted by atomic mass is 14.5. The van der Waals surface area contributed by atoms with E-state index in [4.69, 9.17) is 11.5 Å². The molecule has 0 bridgehead atoms. The van der Waals surface area contributed by atoms with Gasteiger partial charge < -0.3 is 11.5 Å². The Morgan fingerprint density at radius 2 is 0.296 bits per heavy atom. The van der Waals surface area contributed by atoms with E-state index in [0.717, 1.165) is 13.1 Å². The molecule has 0 rings (SSSR count). The van der Waals surface area contributed by atoms with Crippen LogP contribution >= 0.6 is 0 Å². The maximum absolute atomic E-state index is 5.52. The zero-order valence-electron chi connectivity index (χ0n) is 18.8. The van der Waals surface area contributed by atoms with Crippen LogP contribution in [-0.4, -0.2) is 13.1 Å². The topological polar surface area (TPSA) is 52.0 Å². The van der Waals surface area contributed by atoms with Gasteiger partial charge in [0.2, 0.25) is 0 Å². The molecule has 27 heavy (non-hydrogen) atoms. The highest BCUT2D eigenvalue weighted by molar-refractivity contribution is 4.51. The van der Waals surface area contributed by atoms with Gasteiger partial charge in [-0.2, -0.15) is 0 Å². The Bertz CT molecular complexity index is 218. The number of unbranched alkanes of at least 4 members (excludes halogenated alkanes) is 22. The maximum atomic E-state index is 5.52. The molecule has 0 spiro atoms. The fourth-order valence-electron chi connectivity index (χ4n) is 4.00. The minimum absolute atomic E-state index is 0.871. The van der Waals surface area contributed by atoms with Crippen LogP contribution in [0, 0.1) is 0 Å². The molecule has 0 unspecified atom stereocenters. The van der Waals surface area contributed by atoms with Crippen LogP contribution in [-0.2, 0) is 0 Å². The summed E-state index contributed by atoms with van der Waals surface area (Å²) in [6, 6.07) is 0. The van der Waals surface area contributed by atoms with Crippen LogP contribution in [0.4, 0.5) is 0 Å². The lowest BCUT2D eigenvalue weighted by Gasteiger charge is -2.04. The summed E-state index contributed by atoms with van der Waals surface area (Å²) in [6.45, 7) is 1.74. The normalized spacial score (nSPS) is 11.3. The van der Waals surface area contributed by atoms with Crippen LogP contribution in [0.1, 0.15) is 148 Å². The summed E-state index contributed by atoms with van der Waals surface area (Å²) in [5, 5.41) is 0. The summed E-state index contributed by atoms with van der Waals surface area (Å²) in [6.07, 6.45) is 32.7. The van der Waals surface area contributed by atoms with Crippen molar-refractivity contribution in [2.45, 2.75) is 148 Å². The van der Waals surface area contributed by atoms with Crippen molar-refractivity contribution in [3.05, 3.63) is 0 Å². The van der Waals surface area contributed by atoms with Crippen LogP contribution in [0.25, 0.3) is 0 Å².